The Bertz CT molecular complexity index is 467. The van der Waals surface area contributed by atoms with Gasteiger partial charge in [0.25, 0.3) is 0 Å². The van der Waals surface area contributed by atoms with Crippen LogP contribution in [0, 0.1) is 0 Å². The van der Waals surface area contributed by atoms with Crippen LogP contribution >= 0.6 is 0 Å². The Balaban J connectivity index is 0.000000969. The standard InChI is InChI=1S/C20H37N.C5H5.Fe/c1-4-5-6-7-8-9-10-11-12-15-18-21(2,3)19-20-16-13-14-17-20;1-2-4-5-3-1;/h13-14,16-17H,4-12,15,18-19H2,1-3H3;1-5H;/q;-5;. The average Bonchev–Trinajstić information content (AvgIpc) is 3.32. The summed E-state index contributed by atoms with van der Waals surface area (Å²) in [7, 11) is 4.72. The summed E-state index contributed by atoms with van der Waals surface area (Å²) in [6.45, 7) is 4.77. The molecule has 2 rings (SSSR count). The number of hydrogen-bond donors (Lipinski definition) is 0. The van der Waals surface area contributed by atoms with Crippen LogP contribution in [-0.4, -0.2) is 25.1 Å². The van der Waals surface area contributed by atoms with Gasteiger partial charge in [-0.1, -0.05) is 58.3 Å². The van der Waals surface area contributed by atoms with Crippen molar-refractivity contribution in [1.29, 1.82) is 0 Å². The van der Waals surface area contributed by atoms with Gasteiger partial charge in [-0.25, -0.2) is 12.1 Å². The monoisotopic (exact) mass is 412 g/mol. The Morgan fingerprint density at radius 1 is 0.667 bits per heavy atom. The molecule has 0 saturated heterocycles. The second-order valence-electron chi connectivity index (χ2n) is 8.25. The van der Waals surface area contributed by atoms with Gasteiger partial charge in [0.2, 0.25) is 0 Å². The zero-order valence-corrected chi connectivity index (χ0v) is 19.1. The fraction of sp³-hybridized carbons (Fsp3) is 0.600. The molecule has 0 aliphatic carbocycles. The predicted octanol–water partition coefficient (Wildman–Crippen LogP) is 7.31. The first-order valence-electron chi connectivity index (χ1n) is 10.8. The Morgan fingerprint density at radius 3 is 1.52 bits per heavy atom. The number of rotatable bonds is 13. The molecule has 2 aromatic carbocycles. The summed E-state index contributed by atoms with van der Waals surface area (Å²) in [5.41, 5.74) is 1.48. The molecule has 160 valence electrons. The van der Waals surface area contributed by atoms with Crippen molar-refractivity contribution >= 4 is 0 Å². The van der Waals surface area contributed by atoms with Crippen molar-refractivity contribution in [2.24, 2.45) is 0 Å². The molecule has 0 aromatic heterocycles. The van der Waals surface area contributed by atoms with Gasteiger partial charge in [0, 0.05) is 17.1 Å². The van der Waals surface area contributed by atoms with Gasteiger partial charge in [-0.2, -0.15) is 12.1 Å². The van der Waals surface area contributed by atoms with Crippen LogP contribution in [0.4, 0.5) is 0 Å². The first kappa shape index (κ1) is 26.2. The first-order valence-corrected chi connectivity index (χ1v) is 10.8. The molecule has 0 saturated carbocycles. The third kappa shape index (κ3) is 15.9. The van der Waals surface area contributed by atoms with Gasteiger partial charge in [0.1, 0.15) is 0 Å². The summed E-state index contributed by atoms with van der Waals surface area (Å²) in [6, 6.07) is 18.8. The van der Waals surface area contributed by atoms with E-state index >= 15 is 0 Å². The minimum Gasteiger partial charge on any atom is -0.748 e. The largest absolute Gasteiger partial charge is 0.748 e. The van der Waals surface area contributed by atoms with Crippen LogP contribution in [0.1, 0.15) is 76.7 Å². The minimum atomic E-state index is 0. The summed E-state index contributed by atoms with van der Waals surface area (Å²) < 4.78 is 1.13. The number of unbranched alkanes of at least 4 members (excludes halogenated alkanes) is 9. The summed E-state index contributed by atoms with van der Waals surface area (Å²) in [6.07, 6.45) is 14.3. The van der Waals surface area contributed by atoms with Gasteiger partial charge in [-0.15, -0.1) is 5.56 Å². The molecule has 0 atom stereocenters. The molecular formula is C25H42FeN-5. The van der Waals surface area contributed by atoms with Crippen molar-refractivity contribution in [3.05, 3.63) is 60.2 Å². The molecule has 0 spiro atoms. The van der Waals surface area contributed by atoms with Crippen LogP contribution in [0.5, 0.6) is 0 Å². The molecule has 0 fully saturated rings. The quantitative estimate of drug-likeness (QED) is 0.140. The van der Waals surface area contributed by atoms with E-state index in [0.717, 1.165) is 4.48 Å². The molecular weight excluding hydrogens is 370 g/mol. The van der Waals surface area contributed by atoms with Crippen LogP contribution in [0.15, 0.2) is 54.6 Å². The maximum Gasteiger partial charge on any atom is 0.0777 e. The normalized spacial score (nSPS) is 10.8. The summed E-state index contributed by atoms with van der Waals surface area (Å²) >= 11 is 0. The molecule has 2 aromatic rings. The van der Waals surface area contributed by atoms with Gasteiger partial charge in [-0.05, 0) is 12.8 Å². The van der Waals surface area contributed by atoms with Crippen LogP contribution < -0.4 is 0 Å². The van der Waals surface area contributed by atoms with Crippen LogP contribution in [0.25, 0.3) is 0 Å². The second-order valence-corrected chi connectivity index (χ2v) is 8.25. The fourth-order valence-electron chi connectivity index (χ4n) is 3.44. The zero-order valence-electron chi connectivity index (χ0n) is 18.0. The molecule has 0 amide bonds. The number of quaternary nitrogens is 1. The number of nitrogens with zero attached hydrogens (tertiary/aromatic N) is 1. The van der Waals surface area contributed by atoms with E-state index in [9.17, 15) is 0 Å². The maximum absolute atomic E-state index is 2.36. The van der Waals surface area contributed by atoms with E-state index in [4.69, 9.17) is 0 Å². The van der Waals surface area contributed by atoms with Gasteiger partial charge in [-0.3, -0.25) is 0 Å². The molecule has 0 aliphatic rings. The Kier molecular flexibility index (Phi) is 16.8. The van der Waals surface area contributed by atoms with Crippen molar-refractivity contribution in [3.8, 4) is 0 Å². The molecule has 0 aliphatic heterocycles. The third-order valence-electron chi connectivity index (χ3n) is 5.01. The van der Waals surface area contributed by atoms with E-state index in [1.54, 1.807) is 0 Å². The minimum absolute atomic E-state index is 0. The van der Waals surface area contributed by atoms with Gasteiger partial charge in [0.15, 0.2) is 0 Å². The average molecular weight is 412 g/mol. The first-order chi connectivity index (χ1) is 12.6. The predicted molar refractivity (Wildman–Crippen MR) is 117 cm³/mol. The van der Waals surface area contributed by atoms with Crippen LogP contribution in [0.2, 0.25) is 0 Å². The van der Waals surface area contributed by atoms with Crippen molar-refractivity contribution < 1.29 is 21.6 Å². The molecule has 27 heavy (non-hydrogen) atoms. The van der Waals surface area contributed by atoms with E-state index in [2.05, 4.69) is 45.3 Å². The smallest absolute Gasteiger partial charge is 0.0777 e. The summed E-state index contributed by atoms with van der Waals surface area (Å²) in [5, 5.41) is 0. The van der Waals surface area contributed by atoms with Crippen molar-refractivity contribution in [3.63, 3.8) is 0 Å². The Hall–Kier alpha value is -0.821. The fourth-order valence-corrected chi connectivity index (χ4v) is 3.44. The molecule has 0 N–H and O–H groups in total. The number of hydrogen-bond acceptors (Lipinski definition) is 0. The zero-order chi connectivity index (χ0) is 18.9. The molecule has 1 nitrogen and oxygen atoms in total. The molecule has 2 heteroatoms. The summed E-state index contributed by atoms with van der Waals surface area (Å²) in [5.74, 6) is 0. The van der Waals surface area contributed by atoms with Crippen molar-refractivity contribution in [2.45, 2.75) is 77.7 Å². The summed E-state index contributed by atoms with van der Waals surface area (Å²) in [4.78, 5) is 0. The maximum atomic E-state index is 2.36. The van der Waals surface area contributed by atoms with Crippen molar-refractivity contribution in [1.82, 2.24) is 0 Å². The van der Waals surface area contributed by atoms with E-state index < -0.39 is 0 Å². The third-order valence-corrected chi connectivity index (χ3v) is 5.01. The van der Waals surface area contributed by atoms with Crippen molar-refractivity contribution in [2.75, 3.05) is 20.6 Å². The van der Waals surface area contributed by atoms with E-state index in [-0.39, 0.29) is 17.1 Å². The van der Waals surface area contributed by atoms with Gasteiger partial charge in [0.05, 0.1) is 27.2 Å². The topological polar surface area (TPSA) is 0 Å². The molecule has 0 bridgehead atoms. The molecule has 0 radical (unpaired) electrons. The van der Waals surface area contributed by atoms with E-state index in [1.165, 1.54) is 82.9 Å². The van der Waals surface area contributed by atoms with Crippen LogP contribution in [0.3, 0.4) is 0 Å². The SMILES string of the molecule is CCCCCCCCCCCC[N+](C)(C)C[c-]1cccc1.[Fe].[cH-]1[cH-][cH-][cH-][cH-]1. The van der Waals surface area contributed by atoms with E-state index in [1.807, 2.05) is 30.3 Å². The Labute approximate surface area is 180 Å². The van der Waals surface area contributed by atoms with Crippen LogP contribution in [-0.2, 0) is 23.6 Å². The Morgan fingerprint density at radius 2 is 1.07 bits per heavy atom. The molecule has 0 heterocycles. The van der Waals surface area contributed by atoms with E-state index in [0.29, 0.717) is 0 Å². The molecule has 0 unspecified atom stereocenters. The van der Waals surface area contributed by atoms with Gasteiger partial charge < -0.3 is 34.8 Å². The second kappa shape index (κ2) is 17.3. The van der Waals surface area contributed by atoms with Gasteiger partial charge >= 0.3 is 0 Å².